The van der Waals surface area contributed by atoms with Crippen LogP contribution < -0.4 is 5.32 Å². The Balaban J connectivity index is 1.91. The van der Waals surface area contributed by atoms with E-state index in [0.717, 1.165) is 17.6 Å². The highest BCUT2D eigenvalue weighted by molar-refractivity contribution is 5.87. The quantitative estimate of drug-likeness (QED) is 0.910. The molecule has 0 aliphatic heterocycles. The van der Waals surface area contributed by atoms with Crippen molar-refractivity contribution in [2.75, 3.05) is 5.32 Å². The van der Waals surface area contributed by atoms with Gasteiger partial charge in [-0.2, -0.15) is 0 Å². The third kappa shape index (κ3) is 3.32. The molecule has 1 heterocycles. The first-order valence-corrected chi connectivity index (χ1v) is 7.51. The molecular weight excluding hydrogens is 282 g/mol. The Morgan fingerprint density at radius 3 is 2.82 bits per heavy atom. The molecule has 3 rings (SSSR count). The monoisotopic (exact) mass is 303 g/mol. The van der Waals surface area contributed by atoms with Gasteiger partial charge in [0.1, 0.15) is 11.4 Å². The molecule has 0 bridgehead atoms. The molecule has 1 aromatic carbocycles. The fraction of sp³-hybridized carbons (Fsp3) is 0.500. The number of anilines is 1. The molecule has 2 N–H and O–H groups in total. The van der Waals surface area contributed by atoms with Gasteiger partial charge in [-0.05, 0) is 51.7 Å². The maximum atomic E-state index is 12.0. The van der Waals surface area contributed by atoms with E-state index >= 15 is 0 Å². The lowest BCUT2D eigenvalue weighted by atomic mass is 10.2. The zero-order valence-electron chi connectivity index (χ0n) is 13.1. The van der Waals surface area contributed by atoms with Gasteiger partial charge in [0.25, 0.3) is 0 Å². The second kappa shape index (κ2) is 5.19. The number of imidazole rings is 1. The van der Waals surface area contributed by atoms with Crippen LogP contribution in [0.2, 0.25) is 0 Å². The Kier molecular flexibility index (Phi) is 3.47. The van der Waals surface area contributed by atoms with Crippen LogP contribution in [-0.4, -0.2) is 26.4 Å². The van der Waals surface area contributed by atoms with Crippen LogP contribution in [-0.2, 0) is 11.3 Å². The van der Waals surface area contributed by atoms with E-state index in [-0.39, 0.29) is 5.75 Å². The van der Waals surface area contributed by atoms with Gasteiger partial charge in [0, 0.05) is 12.6 Å². The number of phenolic OH excluding ortho intramolecular Hbond substituents is 1. The summed E-state index contributed by atoms with van der Waals surface area (Å²) in [6.45, 7) is 6.23. The number of hydrogen-bond donors (Lipinski definition) is 2. The minimum atomic E-state index is -0.560. The van der Waals surface area contributed by atoms with Crippen molar-refractivity contribution in [3.63, 3.8) is 0 Å². The zero-order valence-corrected chi connectivity index (χ0v) is 13.1. The van der Waals surface area contributed by atoms with Crippen molar-refractivity contribution in [3.05, 3.63) is 18.2 Å². The third-order valence-corrected chi connectivity index (χ3v) is 3.48. The summed E-state index contributed by atoms with van der Waals surface area (Å²) in [6.07, 6.45) is 1.85. The first kappa shape index (κ1) is 14.7. The number of rotatable bonds is 3. The average Bonchev–Trinajstić information content (AvgIpc) is 3.13. The van der Waals surface area contributed by atoms with Gasteiger partial charge < -0.3 is 14.4 Å². The van der Waals surface area contributed by atoms with E-state index in [4.69, 9.17) is 4.74 Å². The molecule has 0 atom stereocenters. The van der Waals surface area contributed by atoms with Crippen LogP contribution >= 0.6 is 0 Å². The number of hydrogen-bond acceptors (Lipinski definition) is 4. The maximum Gasteiger partial charge on any atom is 0.414 e. The molecule has 1 aromatic heterocycles. The molecule has 6 nitrogen and oxygen atoms in total. The number of benzene rings is 1. The minimum absolute atomic E-state index is 0.188. The molecule has 0 radical (unpaired) electrons. The van der Waals surface area contributed by atoms with Crippen molar-refractivity contribution in [2.45, 2.75) is 45.8 Å². The van der Waals surface area contributed by atoms with Crippen LogP contribution in [0.5, 0.6) is 5.75 Å². The summed E-state index contributed by atoms with van der Waals surface area (Å²) in [5, 5.41) is 12.4. The van der Waals surface area contributed by atoms with Crippen molar-refractivity contribution >= 4 is 23.1 Å². The number of nitrogens with one attached hydrogen (secondary N) is 1. The SMILES string of the molecule is CC(C)(C)OC(=O)Nc1nc2ccc(O)cc2n1CC1CC1. The second-order valence-corrected chi connectivity index (χ2v) is 6.79. The molecule has 22 heavy (non-hydrogen) atoms. The van der Waals surface area contributed by atoms with Crippen LogP contribution in [0, 0.1) is 5.92 Å². The van der Waals surface area contributed by atoms with Gasteiger partial charge in [-0.3, -0.25) is 5.32 Å². The number of phenols is 1. The van der Waals surface area contributed by atoms with Crippen LogP contribution in [0.3, 0.4) is 0 Å². The van der Waals surface area contributed by atoms with Crippen molar-refractivity contribution < 1.29 is 14.6 Å². The van der Waals surface area contributed by atoms with Gasteiger partial charge in [-0.25, -0.2) is 9.78 Å². The Labute approximate surface area is 129 Å². The molecule has 1 saturated carbocycles. The molecule has 0 unspecified atom stereocenters. The van der Waals surface area contributed by atoms with Gasteiger partial charge in [0.05, 0.1) is 11.0 Å². The Bertz CT molecular complexity index is 711. The van der Waals surface area contributed by atoms with E-state index < -0.39 is 11.7 Å². The summed E-state index contributed by atoms with van der Waals surface area (Å²) < 4.78 is 7.23. The molecule has 2 aromatic rings. The Morgan fingerprint density at radius 1 is 1.45 bits per heavy atom. The molecule has 6 heteroatoms. The summed E-state index contributed by atoms with van der Waals surface area (Å²) >= 11 is 0. The minimum Gasteiger partial charge on any atom is -0.508 e. The highest BCUT2D eigenvalue weighted by Gasteiger charge is 2.25. The predicted molar refractivity (Wildman–Crippen MR) is 84.0 cm³/mol. The molecular formula is C16H21N3O3. The number of aromatic nitrogens is 2. The number of fused-ring (bicyclic) bond motifs is 1. The largest absolute Gasteiger partial charge is 0.508 e. The first-order valence-electron chi connectivity index (χ1n) is 7.51. The summed E-state index contributed by atoms with van der Waals surface area (Å²) in [7, 11) is 0. The van der Waals surface area contributed by atoms with Gasteiger partial charge in [0.2, 0.25) is 5.95 Å². The topological polar surface area (TPSA) is 76.4 Å². The highest BCUT2D eigenvalue weighted by atomic mass is 16.6. The lowest BCUT2D eigenvalue weighted by molar-refractivity contribution is 0.0634. The van der Waals surface area contributed by atoms with E-state index in [9.17, 15) is 9.90 Å². The number of amides is 1. The lowest BCUT2D eigenvalue weighted by Crippen LogP contribution is -2.28. The smallest absolute Gasteiger partial charge is 0.414 e. The number of aromatic hydroxyl groups is 1. The van der Waals surface area contributed by atoms with E-state index in [1.54, 1.807) is 18.2 Å². The normalized spacial score (nSPS) is 15.0. The molecule has 0 spiro atoms. The van der Waals surface area contributed by atoms with E-state index in [1.165, 1.54) is 12.8 Å². The lowest BCUT2D eigenvalue weighted by Gasteiger charge is -2.19. The fourth-order valence-corrected chi connectivity index (χ4v) is 2.34. The van der Waals surface area contributed by atoms with Crippen molar-refractivity contribution in [1.29, 1.82) is 0 Å². The van der Waals surface area contributed by atoms with Crippen molar-refractivity contribution in [3.8, 4) is 5.75 Å². The van der Waals surface area contributed by atoms with Crippen LogP contribution in [0.15, 0.2) is 18.2 Å². The number of ether oxygens (including phenoxy) is 1. The summed E-state index contributed by atoms with van der Waals surface area (Å²) in [4.78, 5) is 16.4. The summed E-state index contributed by atoms with van der Waals surface area (Å²) in [6, 6.07) is 5.01. The van der Waals surface area contributed by atoms with Crippen LogP contribution in [0.4, 0.5) is 10.7 Å². The van der Waals surface area contributed by atoms with E-state index in [1.807, 2.05) is 25.3 Å². The van der Waals surface area contributed by atoms with Gasteiger partial charge in [-0.15, -0.1) is 0 Å². The van der Waals surface area contributed by atoms with E-state index in [0.29, 0.717) is 11.9 Å². The first-order chi connectivity index (χ1) is 10.3. The van der Waals surface area contributed by atoms with Gasteiger partial charge in [0.15, 0.2) is 0 Å². The predicted octanol–water partition coefficient (Wildman–Crippen LogP) is 3.50. The molecule has 1 aliphatic carbocycles. The second-order valence-electron chi connectivity index (χ2n) is 6.79. The molecule has 0 saturated heterocycles. The maximum absolute atomic E-state index is 12.0. The Morgan fingerprint density at radius 2 is 2.18 bits per heavy atom. The van der Waals surface area contributed by atoms with Crippen molar-refractivity contribution in [2.24, 2.45) is 5.92 Å². The number of carbonyl (C=O) groups is 1. The van der Waals surface area contributed by atoms with Crippen molar-refractivity contribution in [1.82, 2.24) is 9.55 Å². The van der Waals surface area contributed by atoms with Crippen LogP contribution in [0.1, 0.15) is 33.6 Å². The zero-order chi connectivity index (χ0) is 15.9. The molecule has 118 valence electrons. The fourth-order valence-electron chi connectivity index (χ4n) is 2.34. The van der Waals surface area contributed by atoms with Gasteiger partial charge in [-0.1, -0.05) is 0 Å². The molecule has 1 fully saturated rings. The third-order valence-electron chi connectivity index (χ3n) is 3.48. The van der Waals surface area contributed by atoms with E-state index in [2.05, 4.69) is 10.3 Å². The number of carbonyl (C=O) groups excluding carboxylic acids is 1. The Hall–Kier alpha value is -2.24. The standard InChI is InChI=1S/C16H21N3O3/c1-16(2,3)22-15(21)18-14-17-12-7-6-11(20)8-13(12)19(14)9-10-4-5-10/h6-8,10,20H,4-5,9H2,1-3H3,(H,17,18,21). The summed E-state index contributed by atoms with van der Waals surface area (Å²) in [5.74, 6) is 1.26. The number of nitrogens with zero attached hydrogens (tertiary/aromatic N) is 2. The van der Waals surface area contributed by atoms with Gasteiger partial charge >= 0.3 is 6.09 Å². The molecule has 1 amide bonds. The summed E-state index contributed by atoms with van der Waals surface area (Å²) in [5.41, 5.74) is 0.998. The molecule has 1 aliphatic rings. The van der Waals surface area contributed by atoms with Crippen LogP contribution in [0.25, 0.3) is 11.0 Å². The highest BCUT2D eigenvalue weighted by Crippen LogP contribution is 2.34. The average molecular weight is 303 g/mol.